The van der Waals surface area contributed by atoms with Crippen molar-refractivity contribution in [2.24, 2.45) is 0 Å². The minimum Gasteiger partial charge on any atom is -0.0447 e. The number of hydrogen-bond acceptors (Lipinski definition) is 0. The van der Waals surface area contributed by atoms with E-state index in [1.165, 1.54) is 99.4 Å². The summed E-state index contributed by atoms with van der Waals surface area (Å²) in [4.78, 5) is 0. The van der Waals surface area contributed by atoms with Crippen molar-refractivity contribution in [3.63, 3.8) is 0 Å². The van der Waals surface area contributed by atoms with Gasteiger partial charge in [-0.3, -0.25) is 0 Å². The minimum atomic E-state index is 1.07. The Morgan fingerprint density at radius 3 is 1.21 bits per heavy atom. The highest BCUT2D eigenvalue weighted by atomic mass is 14.3. The molecule has 5 rings (SSSR count). The lowest BCUT2D eigenvalue weighted by Crippen LogP contribution is -2.03. The van der Waals surface area contributed by atoms with Crippen LogP contribution >= 0.6 is 0 Å². The molecule has 0 aliphatic heterocycles. The topological polar surface area (TPSA) is 0 Å². The first-order valence-corrected chi connectivity index (χ1v) is 12.5. The van der Waals surface area contributed by atoms with E-state index in [9.17, 15) is 0 Å². The Morgan fingerprint density at radius 1 is 0.273 bits per heavy atom. The molecular weight excluding hydrogens is 396 g/mol. The van der Waals surface area contributed by atoms with Gasteiger partial charge in [0.1, 0.15) is 0 Å². The van der Waals surface area contributed by atoms with E-state index in [0.29, 0.717) is 0 Å². The molecule has 1 aliphatic rings. The van der Waals surface area contributed by atoms with E-state index in [-0.39, 0.29) is 0 Å². The first-order valence-electron chi connectivity index (χ1n) is 12.5. The fourth-order valence-electron chi connectivity index (χ4n) is 6.84. The number of rotatable bonds is 0. The molecule has 0 saturated heterocycles. The van der Waals surface area contributed by atoms with Gasteiger partial charge < -0.3 is 0 Å². The van der Waals surface area contributed by atoms with Gasteiger partial charge in [0.25, 0.3) is 0 Å². The van der Waals surface area contributed by atoms with E-state index >= 15 is 0 Å². The van der Waals surface area contributed by atoms with Crippen LogP contribution in [0.5, 0.6) is 0 Å². The predicted molar refractivity (Wildman–Crippen MR) is 147 cm³/mol. The molecule has 0 unspecified atom stereocenters. The molecule has 33 heavy (non-hydrogen) atoms. The van der Waals surface area contributed by atoms with Crippen molar-refractivity contribution < 1.29 is 0 Å². The standard InChI is InChI=1S/C33H38/c1-14-15(2)21(8)29-26(18(14)5)13-27-19(6)23(10)31-30-22(9)17(4)16(3)20(7)28(30)24(11)25(12)32(31)33(27)29/h13H2,1-12H3. The van der Waals surface area contributed by atoms with Gasteiger partial charge in [0.05, 0.1) is 0 Å². The molecule has 0 heteroatoms. The normalized spacial score (nSPS) is 12.7. The second kappa shape index (κ2) is 6.95. The van der Waals surface area contributed by atoms with Crippen LogP contribution in [0.2, 0.25) is 0 Å². The summed E-state index contributed by atoms with van der Waals surface area (Å²) in [6, 6.07) is 0. The minimum absolute atomic E-state index is 1.07. The van der Waals surface area contributed by atoms with Gasteiger partial charge in [-0.25, -0.2) is 0 Å². The SMILES string of the molecule is Cc1c(C)c(C)c2c(c1C)Cc1c(C)c(C)c3c(c(C)c(C)c4c(C)c(C)c(C)c(C)c43)c1-2. The maximum atomic E-state index is 2.37. The van der Waals surface area contributed by atoms with Gasteiger partial charge in [-0.1, -0.05) is 0 Å². The summed E-state index contributed by atoms with van der Waals surface area (Å²) in [5.74, 6) is 0. The molecular formula is C33H38. The van der Waals surface area contributed by atoms with Gasteiger partial charge >= 0.3 is 0 Å². The molecule has 0 N–H and O–H groups in total. The van der Waals surface area contributed by atoms with Crippen molar-refractivity contribution in [2.75, 3.05) is 0 Å². The van der Waals surface area contributed by atoms with Crippen molar-refractivity contribution >= 4 is 21.5 Å². The van der Waals surface area contributed by atoms with E-state index in [4.69, 9.17) is 0 Å². The number of aryl methyl sites for hydroxylation is 5. The summed E-state index contributed by atoms with van der Waals surface area (Å²) >= 11 is 0. The molecule has 4 aromatic carbocycles. The fraction of sp³-hybridized carbons (Fsp3) is 0.394. The fourth-order valence-corrected chi connectivity index (χ4v) is 6.84. The highest BCUT2D eigenvalue weighted by Crippen LogP contribution is 2.52. The smallest absolute Gasteiger partial charge is 0.000766 e. The molecule has 0 amide bonds. The van der Waals surface area contributed by atoms with Gasteiger partial charge in [-0.15, -0.1) is 0 Å². The third kappa shape index (κ3) is 2.53. The molecule has 0 saturated carbocycles. The van der Waals surface area contributed by atoms with E-state index < -0.39 is 0 Å². The average molecular weight is 435 g/mol. The summed E-state index contributed by atoms with van der Waals surface area (Å²) in [7, 11) is 0. The van der Waals surface area contributed by atoms with E-state index in [1.807, 2.05) is 0 Å². The van der Waals surface area contributed by atoms with Crippen molar-refractivity contribution in [1.29, 1.82) is 0 Å². The third-order valence-electron chi connectivity index (χ3n) is 9.86. The van der Waals surface area contributed by atoms with Crippen LogP contribution in [0, 0.1) is 83.1 Å². The van der Waals surface area contributed by atoms with Gasteiger partial charge in [0.15, 0.2) is 0 Å². The monoisotopic (exact) mass is 434 g/mol. The van der Waals surface area contributed by atoms with Crippen LogP contribution in [0.4, 0.5) is 0 Å². The molecule has 0 fully saturated rings. The van der Waals surface area contributed by atoms with Crippen LogP contribution in [0.15, 0.2) is 0 Å². The number of benzene rings is 4. The van der Waals surface area contributed by atoms with E-state index in [0.717, 1.165) is 6.42 Å². The molecule has 0 heterocycles. The van der Waals surface area contributed by atoms with Gasteiger partial charge in [0, 0.05) is 0 Å². The molecule has 0 bridgehead atoms. The Balaban J connectivity index is 2.16. The predicted octanol–water partition coefficient (Wildman–Crippen LogP) is 9.27. The number of hydrogen-bond donors (Lipinski definition) is 0. The lowest BCUT2D eigenvalue weighted by molar-refractivity contribution is 1.13. The largest absolute Gasteiger partial charge is 0.0447 e. The Bertz CT molecular complexity index is 1570. The zero-order valence-corrected chi connectivity index (χ0v) is 22.7. The van der Waals surface area contributed by atoms with Gasteiger partial charge in [-0.05, 0) is 200 Å². The summed E-state index contributed by atoms with van der Waals surface area (Å²) in [5.41, 5.74) is 23.7. The molecule has 0 nitrogen and oxygen atoms in total. The summed E-state index contributed by atoms with van der Waals surface area (Å²) < 4.78 is 0. The molecule has 170 valence electrons. The summed E-state index contributed by atoms with van der Waals surface area (Å²) in [6.45, 7) is 28.0. The van der Waals surface area contributed by atoms with Crippen LogP contribution in [0.3, 0.4) is 0 Å². The maximum Gasteiger partial charge on any atom is -0.000766 e. The van der Waals surface area contributed by atoms with Crippen molar-refractivity contribution in [3.8, 4) is 11.1 Å². The highest BCUT2D eigenvalue weighted by molar-refractivity contribution is 6.20. The molecule has 0 atom stereocenters. The third-order valence-corrected chi connectivity index (χ3v) is 9.86. The second-order valence-electron chi connectivity index (χ2n) is 10.9. The molecule has 4 aromatic rings. The van der Waals surface area contributed by atoms with Crippen LogP contribution in [0.1, 0.15) is 77.9 Å². The van der Waals surface area contributed by atoms with Crippen molar-refractivity contribution in [3.05, 3.63) is 77.9 Å². The van der Waals surface area contributed by atoms with Crippen LogP contribution in [0.25, 0.3) is 32.7 Å². The quantitative estimate of drug-likeness (QED) is 0.213. The lowest BCUT2D eigenvalue weighted by atomic mass is 9.79. The highest BCUT2D eigenvalue weighted by Gasteiger charge is 2.31. The lowest BCUT2D eigenvalue weighted by Gasteiger charge is -2.25. The van der Waals surface area contributed by atoms with Crippen molar-refractivity contribution in [1.82, 2.24) is 0 Å². The summed E-state index contributed by atoms with van der Waals surface area (Å²) in [5, 5.41) is 5.97. The van der Waals surface area contributed by atoms with E-state index in [1.54, 1.807) is 11.1 Å². The second-order valence-corrected chi connectivity index (χ2v) is 10.9. The van der Waals surface area contributed by atoms with Gasteiger partial charge in [-0.2, -0.15) is 0 Å². The van der Waals surface area contributed by atoms with Crippen molar-refractivity contribution in [2.45, 2.75) is 89.5 Å². The summed E-state index contributed by atoms with van der Waals surface area (Å²) in [6.07, 6.45) is 1.07. The average Bonchev–Trinajstić information content (AvgIpc) is 3.19. The van der Waals surface area contributed by atoms with Crippen LogP contribution in [-0.4, -0.2) is 0 Å². The Morgan fingerprint density at radius 2 is 0.606 bits per heavy atom. The van der Waals surface area contributed by atoms with E-state index in [2.05, 4.69) is 83.1 Å². The van der Waals surface area contributed by atoms with Crippen LogP contribution in [-0.2, 0) is 6.42 Å². The molecule has 0 aromatic heterocycles. The zero-order chi connectivity index (χ0) is 24.3. The van der Waals surface area contributed by atoms with Crippen LogP contribution < -0.4 is 0 Å². The molecule has 1 aliphatic carbocycles. The number of fused-ring (bicyclic) bond motifs is 7. The Kier molecular flexibility index (Phi) is 4.68. The molecule has 0 spiro atoms. The zero-order valence-electron chi connectivity index (χ0n) is 22.7. The Hall–Kier alpha value is -2.60. The molecule has 0 radical (unpaired) electrons. The van der Waals surface area contributed by atoms with Gasteiger partial charge in [0.2, 0.25) is 0 Å². The first kappa shape index (κ1) is 22.2. The first-order chi connectivity index (χ1) is 15.4. The maximum absolute atomic E-state index is 2.37. The Labute approximate surface area is 200 Å².